The van der Waals surface area contributed by atoms with Gasteiger partial charge in [0.05, 0.1) is 13.2 Å². The van der Waals surface area contributed by atoms with Gasteiger partial charge in [0.2, 0.25) is 0 Å². The number of carbonyl (C=O) groups excluding carboxylic acids is 1. The monoisotopic (exact) mass is 262 g/mol. The van der Waals surface area contributed by atoms with Gasteiger partial charge in [-0.25, -0.2) is 0 Å². The minimum atomic E-state index is -1.39. The van der Waals surface area contributed by atoms with E-state index in [-0.39, 0.29) is 6.61 Å². The van der Waals surface area contributed by atoms with E-state index in [0.717, 1.165) is 25.7 Å². The van der Waals surface area contributed by atoms with E-state index in [4.69, 9.17) is 18.9 Å². The summed E-state index contributed by atoms with van der Waals surface area (Å²) in [5.41, 5.74) is 0. The molecule has 0 amide bonds. The Kier molecular flexibility index (Phi) is 11.0. The van der Waals surface area contributed by atoms with E-state index in [0.29, 0.717) is 26.3 Å². The second-order valence-corrected chi connectivity index (χ2v) is 3.94. The maximum atomic E-state index is 10.6. The molecule has 5 heteroatoms. The summed E-state index contributed by atoms with van der Waals surface area (Å²) in [5, 5.41) is 0. The van der Waals surface area contributed by atoms with Crippen molar-refractivity contribution >= 4 is 6.47 Å². The first-order valence-corrected chi connectivity index (χ1v) is 6.71. The van der Waals surface area contributed by atoms with Crippen LogP contribution in [-0.2, 0) is 23.7 Å². The van der Waals surface area contributed by atoms with Crippen molar-refractivity contribution in [1.29, 1.82) is 0 Å². The Hall–Kier alpha value is -0.650. The Labute approximate surface area is 110 Å². The molecule has 0 aromatic rings. The van der Waals surface area contributed by atoms with Gasteiger partial charge in [-0.15, -0.1) is 0 Å². The van der Waals surface area contributed by atoms with E-state index in [1.807, 2.05) is 6.92 Å². The molecule has 0 saturated carbocycles. The van der Waals surface area contributed by atoms with Gasteiger partial charge in [0.1, 0.15) is 6.61 Å². The molecular formula is C13H26O5. The highest BCUT2D eigenvalue weighted by atomic mass is 16.9. The third kappa shape index (κ3) is 7.63. The molecule has 0 aliphatic rings. The quantitative estimate of drug-likeness (QED) is 0.290. The molecule has 0 aliphatic heterocycles. The second-order valence-electron chi connectivity index (χ2n) is 3.94. The fourth-order valence-electron chi connectivity index (χ4n) is 1.27. The van der Waals surface area contributed by atoms with E-state index < -0.39 is 5.97 Å². The number of hydrogen-bond acceptors (Lipinski definition) is 5. The summed E-state index contributed by atoms with van der Waals surface area (Å²) in [6, 6.07) is 0. The van der Waals surface area contributed by atoms with Crippen molar-refractivity contribution in [2.75, 3.05) is 26.4 Å². The summed E-state index contributed by atoms with van der Waals surface area (Å²) >= 11 is 0. The molecule has 108 valence electrons. The molecule has 0 unspecified atom stereocenters. The van der Waals surface area contributed by atoms with Gasteiger partial charge in [0.15, 0.2) is 0 Å². The number of carbonyl (C=O) groups is 1. The topological polar surface area (TPSA) is 54.0 Å². The Morgan fingerprint density at radius 1 is 1.00 bits per heavy atom. The average molecular weight is 262 g/mol. The van der Waals surface area contributed by atoms with Gasteiger partial charge < -0.3 is 18.9 Å². The molecule has 5 nitrogen and oxygen atoms in total. The second kappa shape index (κ2) is 11.4. The fraction of sp³-hybridized carbons (Fsp3) is 0.923. The van der Waals surface area contributed by atoms with Gasteiger partial charge in [-0.05, 0) is 19.8 Å². The highest BCUT2D eigenvalue weighted by Crippen LogP contribution is 2.17. The molecule has 0 spiro atoms. The predicted molar refractivity (Wildman–Crippen MR) is 68.1 cm³/mol. The van der Waals surface area contributed by atoms with Crippen molar-refractivity contribution < 1.29 is 23.7 Å². The molecule has 0 rings (SSSR count). The molecule has 0 heterocycles. The summed E-state index contributed by atoms with van der Waals surface area (Å²) in [5.74, 6) is -1.39. The number of rotatable bonds is 13. The first-order valence-electron chi connectivity index (χ1n) is 6.71. The van der Waals surface area contributed by atoms with Crippen molar-refractivity contribution in [3.05, 3.63) is 0 Å². The fourth-order valence-corrected chi connectivity index (χ4v) is 1.27. The molecule has 0 radical (unpaired) electrons. The lowest BCUT2D eigenvalue weighted by Gasteiger charge is -2.30. The van der Waals surface area contributed by atoms with Crippen molar-refractivity contribution in [2.45, 2.75) is 52.4 Å². The molecule has 0 aliphatic carbocycles. The third-order valence-electron chi connectivity index (χ3n) is 2.35. The van der Waals surface area contributed by atoms with Crippen LogP contribution in [0, 0.1) is 0 Å². The van der Waals surface area contributed by atoms with Crippen LogP contribution >= 0.6 is 0 Å². The van der Waals surface area contributed by atoms with Gasteiger partial charge >= 0.3 is 5.97 Å². The summed E-state index contributed by atoms with van der Waals surface area (Å²) in [6.07, 6.45) is 3.77. The Morgan fingerprint density at radius 2 is 1.56 bits per heavy atom. The van der Waals surface area contributed by atoms with E-state index >= 15 is 0 Å². The lowest BCUT2D eigenvalue weighted by atomic mass is 10.3. The summed E-state index contributed by atoms with van der Waals surface area (Å²) < 4.78 is 21.4. The Balaban J connectivity index is 4.39. The molecule has 0 bridgehead atoms. The van der Waals surface area contributed by atoms with Gasteiger partial charge in [-0.2, -0.15) is 0 Å². The highest BCUT2D eigenvalue weighted by Gasteiger charge is 2.35. The van der Waals surface area contributed by atoms with Crippen LogP contribution in [0.3, 0.4) is 0 Å². The summed E-state index contributed by atoms with van der Waals surface area (Å²) in [6.45, 7) is 7.89. The molecule has 0 saturated heterocycles. The first-order chi connectivity index (χ1) is 8.74. The van der Waals surface area contributed by atoms with Crippen LogP contribution in [0.25, 0.3) is 0 Å². The minimum Gasteiger partial charge on any atom is -0.408 e. The van der Waals surface area contributed by atoms with Crippen molar-refractivity contribution in [3.63, 3.8) is 0 Å². The SMILES string of the molecule is CCCCOC(COCC)(OC=O)OCCCC. The maximum Gasteiger partial charge on any atom is 0.353 e. The van der Waals surface area contributed by atoms with Gasteiger partial charge in [-0.1, -0.05) is 26.7 Å². The van der Waals surface area contributed by atoms with Crippen LogP contribution in [0.2, 0.25) is 0 Å². The smallest absolute Gasteiger partial charge is 0.353 e. The summed E-state index contributed by atoms with van der Waals surface area (Å²) in [7, 11) is 0. The van der Waals surface area contributed by atoms with Gasteiger partial charge in [0, 0.05) is 6.61 Å². The standard InChI is InChI=1S/C13H26O5/c1-4-7-9-16-13(18-12-14,11-15-6-3)17-10-8-5-2/h12H,4-11H2,1-3H3. The number of unbranched alkanes of at least 4 members (excludes halogenated alkanes) is 2. The molecule has 0 N–H and O–H groups in total. The molecule has 0 fully saturated rings. The molecule has 0 aromatic heterocycles. The molecule has 0 atom stereocenters. The van der Waals surface area contributed by atoms with Gasteiger partial charge in [-0.3, -0.25) is 4.79 Å². The molecular weight excluding hydrogens is 236 g/mol. The van der Waals surface area contributed by atoms with E-state index in [9.17, 15) is 4.79 Å². The minimum absolute atomic E-state index is 0.0929. The van der Waals surface area contributed by atoms with Crippen LogP contribution in [0.15, 0.2) is 0 Å². The van der Waals surface area contributed by atoms with E-state index in [1.54, 1.807) is 0 Å². The molecule has 0 aromatic carbocycles. The van der Waals surface area contributed by atoms with E-state index in [1.165, 1.54) is 0 Å². The Bertz CT molecular complexity index is 186. The predicted octanol–water partition coefficient (Wildman–Crippen LogP) is 2.48. The van der Waals surface area contributed by atoms with Crippen LogP contribution in [0.4, 0.5) is 0 Å². The largest absolute Gasteiger partial charge is 0.408 e. The maximum absolute atomic E-state index is 10.6. The Morgan fingerprint density at radius 3 is 1.94 bits per heavy atom. The highest BCUT2D eigenvalue weighted by molar-refractivity contribution is 5.37. The summed E-state index contributed by atoms with van der Waals surface area (Å²) in [4.78, 5) is 10.6. The van der Waals surface area contributed by atoms with Gasteiger partial charge in [0.25, 0.3) is 6.47 Å². The zero-order valence-corrected chi connectivity index (χ0v) is 11.8. The van der Waals surface area contributed by atoms with Crippen LogP contribution in [0.1, 0.15) is 46.5 Å². The van der Waals surface area contributed by atoms with E-state index in [2.05, 4.69) is 13.8 Å². The van der Waals surface area contributed by atoms with Crippen molar-refractivity contribution in [2.24, 2.45) is 0 Å². The normalized spacial score (nSPS) is 11.5. The lowest BCUT2D eigenvalue weighted by Crippen LogP contribution is -2.44. The number of ether oxygens (including phenoxy) is 4. The number of hydrogen-bond donors (Lipinski definition) is 0. The zero-order valence-electron chi connectivity index (χ0n) is 11.8. The van der Waals surface area contributed by atoms with Crippen molar-refractivity contribution in [3.8, 4) is 0 Å². The van der Waals surface area contributed by atoms with Crippen molar-refractivity contribution in [1.82, 2.24) is 0 Å². The first kappa shape index (κ1) is 17.4. The van der Waals surface area contributed by atoms with Crippen LogP contribution in [-0.4, -0.2) is 38.9 Å². The lowest BCUT2D eigenvalue weighted by molar-refractivity contribution is -0.373. The average Bonchev–Trinajstić information content (AvgIpc) is 2.37. The molecule has 18 heavy (non-hydrogen) atoms. The third-order valence-corrected chi connectivity index (χ3v) is 2.35. The van der Waals surface area contributed by atoms with Crippen LogP contribution in [0.5, 0.6) is 0 Å². The van der Waals surface area contributed by atoms with Crippen LogP contribution < -0.4 is 0 Å². The zero-order chi connectivity index (χ0) is 13.7.